The second-order valence-electron chi connectivity index (χ2n) is 5.40. The van der Waals surface area contributed by atoms with Gasteiger partial charge in [-0.1, -0.05) is 26.0 Å². The van der Waals surface area contributed by atoms with Gasteiger partial charge in [-0.2, -0.15) is 0 Å². The molecular formula is C18H30N2O2. The monoisotopic (exact) mass is 306 g/mol. The Bertz CT molecular complexity index is 412. The normalized spacial score (nSPS) is 10.3. The van der Waals surface area contributed by atoms with Crippen molar-refractivity contribution in [3.05, 3.63) is 29.8 Å². The molecule has 0 aliphatic heterocycles. The number of alkyl carbamates (subject to hydrolysis) is 1. The number of rotatable bonds is 10. The molecule has 0 fully saturated rings. The fourth-order valence-electron chi connectivity index (χ4n) is 2.45. The quantitative estimate of drug-likeness (QED) is 0.665. The molecule has 1 aromatic carbocycles. The van der Waals surface area contributed by atoms with Gasteiger partial charge in [0.15, 0.2) is 0 Å². The van der Waals surface area contributed by atoms with Gasteiger partial charge in [-0.25, -0.2) is 4.79 Å². The molecule has 0 spiro atoms. The molecule has 1 rings (SSSR count). The van der Waals surface area contributed by atoms with E-state index in [1.165, 1.54) is 24.1 Å². The van der Waals surface area contributed by atoms with Gasteiger partial charge >= 0.3 is 6.09 Å². The maximum Gasteiger partial charge on any atom is 0.407 e. The first kappa shape index (κ1) is 18.3. The lowest BCUT2D eigenvalue weighted by Crippen LogP contribution is -2.25. The largest absolute Gasteiger partial charge is 0.450 e. The molecule has 4 nitrogen and oxygen atoms in total. The van der Waals surface area contributed by atoms with Crippen LogP contribution in [0, 0.1) is 0 Å². The van der Waals surface area contributed by atoms with Gasteiger partial charge in [-0.05, 0) is 50.3 Å². The fraction of sp³-hybridized carbons (Fsp3) is 0.611. The maximum absolute atomic E-state index is 11.2. The minimum atomic E-state index is -0.326. The van der Waals surface area contributed by atoms with E-state index in [2.05, 4.69) is 48.3 Å². The highest BCUT2D eigenvalue weighted by Gasteiger charge is 2.04. The van der Waals surface area contributed by atoms with E-state index in [9.17, 15) is 4.79 Å². The average molecular weight is 306 g/mol. The van der Waals surface area contributed by atoms with Gasteiger partial charge in [0.1, 0.15) is 0 Å². The molecule has 22 heavy (non-hydrogen) atoms. The predicted octanol–water partition coefficient (Wildman–Crippen LogP) is 3.99. The van der Waals surface area contributed by atoms with E-state index < -0.39 is 0 Å². The summed E-state index contributed by atoms with van der Waals surface area (Å²) in [6, 6.07) is 8.80. The maximum atomic E-state index is 11.2. The molecule has 1 amide bonds. The third-order valence-corrected chi connectivity index (χ3v) is 3.48. The van der Waals surface area contributed by atoms with E-state index >= 15 is 0 Å². The number of nitrogens with one attached hydrogen (secondary N) is 1. The van der Waals surface area contributed by atoms with Crippen LogP contribution in [0.1, 0.15) is 45.6 Å². The number of nitrogens with zero attached hydrogens (tertiary/aromatic N) is 1. The van der Waals surface area contributed by atoms with E-state index in [1.54, 1.807) is 0 Å². The first-order chi connectivity index (χ1) is 10.7. The molecule has 0 unspecified atom stereocenters. The summed E-state index contributed by atoms with van der Waals surface area (Å²) in [6.07, 6.45) is 3.90. The van der Waals surface area contributed by atoms with Crippen LogP contribution in [0.2, 0.25) is 0 Å². The minimum absolute atomic E-state index is 0.326. The number of aryl methyl sites for hydroxylation is 1. The lowest BCUT2D eigenvalue weighted by molar-refractivity contribution is 0.152. The lowest BCUT2D eigenvalue weighted by atomic mass is 10.1. The average Bonchev–Trinajstić information content (AvgIpc) is 2.52. The molecule has 0 aliphatic carbocycles. The van der Waals surface area contributed by atoms with Gasteiger partial charge in [0.05, 0.1) is 6.61 Å². The molecule has 0 radical (unpaired) electrons. The first-order valence-electron chi connectivity index (χ1n) is 8.45. The molecule has 1 aromatic rings. The van der Waals surface area contributed by atoms with E-state index in [-0.39, 0.29) is 6.09 Å². The van der Waals surface area contributed by atoms with Gasteiger partial charge in [0.2, 0.25) is 0 Å². The topological polar surface area (TPSA) is 41.6 Å². The van der Waals surface area contributed by atoms with E-state index in [0.29, 0.717) is 13.2 Å². The van der Waals surface area contributed by atoms with E-state index in [1.807, 2.05) is 6.92 Å². The number of hydrogen-bond donors (Lipinski definition) is 1. The molecular weight excluding hydrogens is 276 g/mol. The zero-order chi connectivity index (χ0) is 16.2. The third-order valence-electron chi connectivity index (χ3n) is 3.48. The number of carbonyl (C=O) groups excluding carboxylic acids is 1. The SMILES string of the molecule is CCCN(CCC)c1ccc(CCCNC(=O)OCC)cc1. The Kier molecular flexibility index (Phi) is 9.12. The summed E-state index contributed by atoms with van der Waals surface area (Å²) in [4.78, 5) is 13.6. The Morgan fingerprint density at radius 3 is 2.27 bits per heavy atom. The lowest BCUT2D eigenvalue weighted by Gasteiger charge is -2.24. The molecule has 0 saturated heterocycles. The third kappa shape index (κ3) is 6.83. The fourth-order valence-corrected chi connectivity index (χ4v) is 2.45. The van der Waals surface area contributed by atoms with Crippen LogP contribution in [0.5, 0.6) is 0 Å². The number of amides is 1. The highest BCUT2D eigenvalue weighted by Crippen LogP contribution is 2.17. The van der Waals surface area contributed by atoms with Gasteiger partial charge in [0.25, 0.3) is 0 Å². The summed E-state index contributed by atoms with van der Waals surface area (Å²) >= 11 is 0. The number of ether oxygens (including phenoxy) is 1. The summed E-state index contributed by atoms with van der Waals surface area (Å²) in [5, 5.41) is 2.75. The van der Waals surface area contributed by atoms with Crippen LogP contribution in [0.4, 0.5) is 10.5 Å². The Balaban J connectivity index is 2.39. The molecule has 4 heteroatoms. The number of benzene rings is 1. The highest BCUT2D eigenvalue weighted by molar-refractivity contribution is 5.66. The van der Waals surface area contributed by atoms with Crippen molar-refractivity contribution in [1.82, 2.24) is 5.32 Å². The summed E-state index contributed by atoms with van der Waals surface area (Å²) in [5.74, 6) is 0. The molecule has 0 aromatic heterocycles. The van der Waals surface area contributed by atoms with Crippen molar-refractivity contribution in [3.63, 3.8) is 0 Å². The molecule has 1 N–H and O–H groups in total. The Morgan fingerprint density at radius 2 is 1.73 bits per heavy atom. The number of carbonyl (C=O) groups is 1. The Hall–Kier alpha value is -1.71. The molecule has 0 bridgehead atoms. The van der Waals surface area contributed by atoms with Crippen LogP contribution in [0.15, 0.2) is 24.3 Å². The van der Waals surface area contributed by atoms with Crippen LogP contribution in [0.25, 0.3) is 0 Å². The summed E-state index contributed by atoms with van der Waals surface area (Å²) in [5.41, 5.74) is 2.61. The summed E-state index contributed by atoms with van der Waals surface area (Å²) in [6.45, 7) is 9.52. The van der Waals surface area contributed by atoms with Crippen LogP contribution in [0.3, 0.4) is 0 Å². The van der Waals surface area contributed by atoms with Crippen molar-refractivity contribution in [2.45, 2.75) is 46.5 Å². The molecule has 0 saturated carbocycles. The van der Waals surface area contributed by atoms with Gasteiger partial charge < -0.3 is 15.0 Å². The van der Waals surface area contributed by atoms with Gasteiger partial charge in [-0.3, -0.25) is 0 Å². The van der Waals surface area contributed by atoms with Crippen LogP contribution < -0.4 is 10.2 Å². The molecule has 0 aliphatic rings. The van der Waals surface area contributed by atoms with Crippen LogP contribution in [-0.4, -0.2) is 32.3 Å². The summed E-state index contributed by atoms with van der Waals surface area (Å²) in [7, 11) is 0. The zero-order valence-electron chi connectivity index (χ0n) is 14.2. The van der Waals surface area contributed by atoms with Gasteiger partial charge in [0, 0.05) is 25.3 Å². The van der Waals surface area contributed by atoms with Crippen LogP contribution >= 0.6 is 0 Å². The van der Waals surface area contributed by atoms with E-state index in [4.69, 9.17) is 4.74 Å². The second-order valence-corrected chi connectivity index (χ2v) is 5.40. The Labute approximate surface area is 134 Å². The number of hydrogen-bond acceptors (Lipinski definition) is 3. The standard InChI is InChI=1S/C18H30N2O2/c1-4-14-20(15-5-2)17-11-9-16(10-12-17)8-7-13-19-18(21)22-6-3/h9-12H,4-8,13-15H2,1-3H3,(H,19,21). The summed E-state index contributed by atoms with van der Waals surface area (Å²) < 4.78 is 4.83. The van der Waals surface area contributed by atoms with Gasteiger partial charge in [-0.15, -0.1) is 0 Å². The zero-order valence-corrected chi connectivity index (χ0v) is 14.2. The number of anilines is 1. The van der Waals surface area contributed by atoms with Crippen molar-refractivity contribution >= 4 is 11.8 Å². The van der Waals surface area contributed by atoms with E-state index in [0.717, 1.165) is 25.9 Å². The van der Waals surface area contributed by atoms with Crippen molar-refractivity contribution in [2.24, 2.45) is 0 Å². The van der Waals surface area contributed by atoms with Crippen molar-refractivity contribution in [2.75, 3.05) is 31.1 Å². The molecule has 0 atom stereocenters. The highest BCUT2D eigenvalue weighted by atomic mass is 16.5. The minimum Gasteiger partial charge on any atom is -0.450 e. The van der Waals surface area contributed by atoms with Crippen molar-refractivity contribution in [1.29, 1.82) is 0 Å². The Morgan fingerprint density at radius 1 is 1.09 bits per heavy atom. The van der Waals surface area contributed by atoms with Crippen LogP contribution in [-0.2, 0) is 11.2 Å². The van der Waals surface area contributed by atoms with Crippen molar-refractivity contribution < 1.29 is 9.53 Å². The molecule has 124 valence electrons. The van der Waals surface area contributed by atoms with Crippen molar-refractivity contribution in [3.8, 4) is 0 Å². The second kappa shape index (κ2) is 10.9. The predicted molar refractivity (Wildman–Crippen MR) is 92.6 cm³/mol. The molecule has 0 heterocycles. The smallest absolute Gasteiger partial charge is 0.407 e. The first-order valence-corrected chi connectivity index (χ1v) is 8.45.